The molecule has 1 saturated carbocycles. The highest BCUT2D eigenvalue weighted by Crippen LogP contribution is 2.55. The number of carboxylic acids is 1. The van der Waals surface area contributed by atoms with Crippen LogP contribution < -0.4 is 0 Å². The van der Waals surface area contributed by atoms with Crippen LogP contribution in [-0.4, -0.2) is 11.1 Å². The monoisotopic (exact) mass is 248 g/mol. The summed E-state index contributed by atoms with van der Waals surface area (Å²) in [5.74, 6) is -2.42. The van der Waals surface area contributed by atoms with E-state index in [1.165, 1.54) is 0 Å². The van der Waals surface area contributed by atoms with Crippen molar-refractivity contribution < 1.29 is 27.5 Å². The lowest BCUT2D eigenvalue weighted by molar-refractivity contribution is -0.140. The first-order chi connectivity index (χ1) is 7.75. The van der Waals surface area contributed by atoms with Crippen LogP contribution in [-0.2, 0) is 16.6 Å². The fraction of sp³-hybridized carbons (Fsp3) is 0.364. The number of alkyl halides is 4. The normalized spacial score (nSPS) is 27.9. The van der Waals surface area contributed by atoms with Crippen LogP contribution in [0.1, 0.15) is 17.5 Å². The molecule has 0 saturated heterocycles. The van der Waals surface area contributed by atoms with Crippen LogP contribution in [0.5, 0.6) is 0 Å². The number of rotatable bonds is 2. The topological polar surface area (TPSA) is 37.3 Å². The number of benzene rings is 1. The van der Waals surface area contributed by atoms with Gasteiger partial charge in [-0.15, -0.1) is 0 Å². The van der Waals surface area contributed by atoms with E-state index >= 15 is 0 Å². The van der Waals surface area contributed by atoms with Gasteiger partial charge in [0.15, 0.2) is 0 Å². The predicted octanol–water partition coefficient (Wildman–Crippen LogP) is 2.97. The number of carbonyl (C=O) groups is 1. The second-order valence-corrected chi connectivity index (χ2v) is 4.03. The van der Waals surface area contributed by atoms with Crippen LogP contribution in [0.25, 0.3) is 0 Å². The van der Waals surface area contributed by atoms with Crippen molar-refractivity contribution in [3.05, 3.63) is 35.4 Å². The van der Waals surface area contributed by atoms with Gasteiger partial charge in [-0.05, 0) is 17.7 Å². The molecule has 17 heavy (non-hydrogen) atoms. The van der Waals surface area contributed by atoms with E-state index in [1.807, 2.05) is 0 Å². The Morgan fingerprint density at radius 1 is 1.29 bits per heavy atom. The number of hydrogen-bond acceptors (Lipinski definition) is 1. The zero-order valence-corrected chi connectivity index (χ0v) is 8.46. The molecule has 1 aromatic rings. The van der Waals surface area contributed by atoms with Crippen molar-refractivity contribution in [2.45, 2.75) is 18.3 Å². The number of hydrogen-bond donors (Lipinski definition) is 1. The van der Waals surface area contributed by atoms with Gasteiger partial charge in [0.05, 0.1) is 11.5 Å². The van der Waals surface area contributed by atoms with Gasteiger partial charge in [-0.1, -0.05) is 12.1 Å². The highest BCUT2D eigenvalue weighted by molar-refractivity contribution is 5.76. The molecule has 0 radical (unpaired) electrons. The molecule has 2 rings (SSSR count). The Kier molecular flexibility index (Phi) is 2.41. The zero-order chi connectivity index (χ0) is 12.8. The molecule has 0 aromatic heterocycles. The molecule has 6 heteroatoms. The molecule has 2 atom stereocenters. The van der Waals surface area contributed by atoms with Crippen LogP contribution in [0, 0.1) is 5.92 Å². The molecule has 0 unspecified atom stereocenters. The first kappa shape index (κ1) is 11.9. The Morgan fingerprint density at radius 3 is 2.18 bits per heavy atom. The Hall–Kier alpha value is -1.59. The summed E-state index contributed by atoms with van der Waals surface area (Å²) >= 11 is 0. The lowest BCUT2D eigenvalue weighted by Gasteiger charge is -2.10. The summed E-state index contributed by atoms with van der Waals surface area (Å²) in [6.45, 7) is 0. The second-order valence-electron chi connectivity index (χ2n) is 4.03. The van der Waals surface area contributed by atoms with Gasteiger partial charge in [-0.3, -0.25) is 4.79 Å². The molecule has 1 aromatic carbocycles. The second kappa shape index (κ2) is 3.45. The zero-order valence-electron chi connectivity index (χ0n) is 8.46. The van der Waals surface area contributed by atoms with Crippen LogP contribution in [0.4, 0.5) is 17.6 Å². The molecule has 92 valence electrons. The lowest BCUT2D eigenvalue weighted by Crippen LogP contribution is -2.10. The van der Waals surface area contributed by atoms with Gasteiger partial charge in [0.1, 0.15) is 5.67 Å². The van der Waals surface area contributed by atoms with E-state index in [4.69, 9.17) is 5.11 Å². The average Bonchev–Trinajstić information content (AvgIpc) is 2.92. The van der Waals surface area contributed by atoms with Crippen molar-refractivity contribution in [2.24, 2.45) is 5.92 Å². The van der Waals surface area contributed by atoms with Crippen LogP contribution in [0.15, 0.2) is 24.3 Å². The number of carboxylic acid groups (broad SMARTS) is 1. The van der Waals surface area contributed by atoms with Gasteiger partial charge in [0.25, 0.3) is 0 Å². The number of halogens is 4. The van der Waals surface area contributed by atoms with Crippen molar-refractivity contribution >= 4 is 5.97 Å². The van der Waals surface area contributed by atoms with Gasteiger partial charge < -0.3 is 5.11 Å². The third kappa shape index (κ3) is 1.99. The highest BCUT2D eigenvalue weighted by atomic mass is 19.4. The van der Waals surface area contributed by atoms with E-state index in [0.29, 0.717) is 0 Å². The molecule has 0 spiro atoms. The van der Waals surface area contributed by atoms with Gasteiger partial charge in [-0.2, -0.15) is 13.2 Å². The minimum Gasteiger partial charge on any atom is -0.481 e. The Balaban J connectivity index is 2.23. The fourth-order valence-corrected chi connectivity index (χ4v) is 1.78. The Bertz CT molecular complexity index is 452. The highest BCUT2D eigenvalue weighted by Gasteiger charge is 2.61. The molecule has 0 amide bonds. The van der Waals surface area contributed by atoms with E-state index in [1.54, 1.807) is 0 Å². The molecule has 1 aliphatic carbocycles. The van der Waals surface area contributed by atoms with Crippen LogP contribution >= 0.6 is 0 Å². The van der Waals surface area contributed by atoms with E-state index in [9.17, 15) is 22.4 Å². The number of aliphatic carboxylic acids is 1. The summed E-state index contributed by atoms with van der Waals surface area (Å²) in [5, 5.41) is 8.61. The largest absolute Gasteiger partial charge is 0.481 e. The first-order valence-corrected chi connectivity index (χ1v) is 4.84. The fourth-order valence-electron chi connectivity index (χ4n) is 1.78. The smallest absolute Gasteiger partial charge is 0.416 e. The summed E-state index contributed by atoms with van der Waals surface area (Å²) in [6, 6.07) is 3.50. The van der Waals surface area contributed by atoms with Crippen molar-refractivity contribution in [3.63, 3.8) is 0 Å². The Morgan fingerprint density at radius 2 is 1.82 bits per heavy atom. The summed E-state index contributed by atoms with van der Waals surface area (Å²) in [5.41, 5.74) is -2.91. The maximum atomic E-state index is 13.9. The summed E-state index contributed by atoms with van der Waals surface area (Å²) < 4.78 is 50.7. The average molecular weight is 248 g/mol. The first-order valence-electron chi connectivity index (χ1n) is 4.84. The van der Waals surface area contributed by atoms with Gasteiger partial charge in [0.2, 0.25) is 0 Å². The van der Waals surface area contributed by atoms with Crippen molar-refractivity contribution in [1.82, 2.24) is 0 Å². The molecule has 2 nitrogen and oxygen atoms in total. The maximum Gasteiger partial charge on any atom is 0.416 e. The third-order valence-corrected chi connectivity index (χ3v) is 2.88. The van der Waals surface area contributed by atoms with E-state index in [-0.39, 0.29) is 12.0 Å². The molecular formula is C11H8F4O2. The molecule has 1 fully saturated rings. The van der Waals surface area contributed by atoms with Crippen molar-refractivity contribution in [1.29, 1.82) is 0 Å². The van der Waals surface area contributed by atoms with Gasteiger partial charge in [0, 0.05) is 6.42 Å². The van der Waals surface area contributed by atoms with E-state index < -0.39 is 29.3 Å². The van der Waals surface area contributed by atoms with Crippen LogP contribution in [0.2, 0.25) is 0 Å². The standard InChI is InChI=1S/C11H8F4O2/c12-10(5-8(10)9(16)17)6-1-3-7(4-2-6)11(13,14)15/h1-4,8H,5H2,(H,16,17)/t8-,10+/m1/s1. The van der Waals surface area contributed by atoms with Gasteiger partial charge in [-0.25, -0.2) is 4.39 Å². The van der Waals surface area contributed by atoms with Gasteiger partial charge >= 0.3 is 12.1 Å². The third-order valence-electron chi connectivity index (χ3n) is 2.88. The Labute approximate surface area is 93.9 Å². The SMILES string of the molecule is O=C(O)[C@H]1C[C@]1(F)c1ccc(C(F)(F)F)cc1. The quantitative estimate of drug-likeness (QED) is 0.817. The maximum absolute atomic E-state index is 13.9. The molecule has 1 aliphatic rings. The lowest BCUT2D eigenvalue weighted by atomic mass is 10.0. The van der Waals surface area contributed by atoms with Crippen molar-refractivity contribution in [2.75, 3.05) is 0 Å². The molecule has 0 aliphatic heterocycles. The summed E-state index contributed by atoms with van der Waals surface area (Å²) in [7, 11) is 0. The minimum atomic E-state index is -4.47. The molecular weight excluding hydrogens is 240 g/mol. The van der Waals surface area contributed by atoms with Crippen LogP contribution in [0.3, 0.4) is 0 Å². The predicted molar refractivity (Wildman–Crippen MR) is 50.0 cm³/mol. The molecule has 0 bridgehead atoms. The molecule has 0 heterocycles. The van der Waals surface area contributed by atoms with Crippen molar-refractivity contribution in [3.8, 4) is 0 Å². The van der Waals surface area contributed by atoms with E-state index in [0.717, 1.165) is 24.3 Å². The summed E-state index contributed by atoms with van der Waals surface area (Å²) in [4.78, 5) is 10.6. The van der Waals surface area contributed by atoms with E-state index in [2.05, 4.69) is 0 Å². The minimum absolute atomic E-state index is 0.0158. The summed E-state index contributed by atoms with van der Waals surface area (Å²) in [6.07, 6.45) is -4.66. The molecule has 1 N–H and O–H groups in total.